The predicted molar refractivity (Wildman–Crippen MR) is 142 cm³/mol. The van der Waals surface area contributed by atoms with Crippen LogP contribution in [0, 0.1) is 0 Å². The average Bonchev–Trinajstić information content (AvgIpc) is 2.81. The molecular weight excluding hydrogens is 436 g/mol. The van der Waals surface area contributed by atoms with E-state index in [9.17, 15) is 9.59 Å². The van der Waals surface area contributed by atoms with E-state index in [4.69, 9.17) is 4.74 Å². The van der Waals surface area contributed by atoms with E-state index in [1.54, 1.807) is 24.3 Å². The van der Waals surface area contributed by atoms with Crippen molar-refractivity contribution in [2.75, 3.05) is 11.9 Å². The number of nitrogens with one attached hydrogen (secondary N) is 2. The van der Waals surface area contributed by atoms with Gasteiger partial charge < -0.3 is 15.4 Å². The summed E-state index contributed by atoms with van der Waals surface area (Å²) in [7, 11) is 0. The third kappa shape index (κ3) is 7.19. The first kappa shape index (κ1) is 26.0. The van der Waals surface area contributed by atoms with E-state index in [0.29, 0.717) is 23.5 Å². The molecule has 0 radical (unpaired) electrons. The molecule has 0 aliphatic heterocycles. The van der Waals surface area contributed by atoms with Gasteiger partial charge >= 0.3 is 0 Å². The van der Waals surface area contributed by atoms with Gasteiger partial charge in [0.2, 0.25) is 0 Å². The van der Waals surface area contributed by atoms with E-state index in [0.717, 1.165) is 11.1 Å². The van der Waals surface area contributed by atoms with Gasteiger partial charge in [-0.3, -0.25) is 9.59 Å². The Morgan fingerprint density at radius 3 is 2.11 bits per heavy atom. The topological polar surface area (TPSA) is 67.4 Å². The molecule has 0 unspecified atom stereocenters. The lowest BCUT2D eigenvalue weighted by atomic mass is 9.80. The highest BCUT2D eigenvalue weighted by atomic mass is 16.5. The van der Waals surface area contributed by atoms with E-state index >= 15 is 0 Å². The smallest absolute Gasteiger partial charge is 0.262 e. The van der Waals surface area contributed by atoms with Crippen molar-refractivity contribution in [3.8, 4) is 5.75 Å². The Balaban J connectivity index is 1.68. The van der Waals surface area contributed by atoms with Crippen LogP contribution in [0.3, 0.4) is 0 Å². The van der Waals surface area contributed by atoms with E-state index in [1.807, 2.05) is 36.4 Å². The highest BCUT2D eigenvalue weighted by Crippen LogP contribution is 2.35. The van der Waals surface area contributed by atoms with E-state index < -0.39 is 0 Å². The Morgan fingerprint density at radius 1 is 0.800 bits per heavy atom. The van der Waals surface area contributed by atoms with Gasteiger partial charge in [0.05, 0.1) is 11.3 Å². The Bertz CT molecular complexity index is 1170. The first-order valence-electron chi connectivity index (χ1n) is 11.9. The molecule has 0 atom stereocenters. The van der Waals surface area contributed by atoms with Crippen molar-refractivity contribution in [2.45, 2.75) is 58.9 Å². The molecule has 5 heteroatoms. The number of anilines is 1. The highest BCUT2D eigenvalue weighted by Gasteiger charge is 2.23. The van der Waals surface area contributed by atoms with Crippen LogP contribution in [0.2, 0.25) is 0 Å². The monoisotopic (exact) mass is 472 g/mol. The highest BCUT2D eigenvalue weighted by molar-refractivity contribution is 6.04. The predicted octanol–water partition coefficient (Wildman–Crippen LogP) is 6.23. The molecule has 0 heterocycles. The minimum absolute atomic E-state index is 0.0146. The first-order valence-corrected chi connectivity index (χ1v) is 11.9. The summed E-state index contributed by atoms with van der Waals surface area (Å²) in [5.41, 5.74) is 4.00. The van der Waals surface area contributed by atoms with Crippen LogP contribution in [0.4, 0.5) is 5.69 Å². The molecule has 0 aliphatic rings. The molecule has 3 rings (SSSR count). The summed E-state index contributed by atoms with van der Waals surface area (Å²) in [6.07, 6.45) is 0. The second-order valence-corrected chi connectivity index (χ2v) is 10.8. The summed E-state index contributed by atoms with van der Waals surface area (Å²) >= 11 is 0. The number of amides is 2. The van der Waals surface area contributed by atoms with Gasteiger partial charge in [0, 0.05) is 6.54 Å². The molecule has 0 fully saturated rings. The van der Waals surface area contributed by atoms with Gasteiger partial charge in [-0.15, -0.1) is 0 Å². The minimum atomic E-state index is -0.326. The fraction of sp³-hybridized carbons (Fsp3) is 0.333. The van der Waals surface area contributed by atoms with Crippen LogP contribution in [0.5, 0.6) is 5.75 Å². The number of rotatable bonds is 7. The van der Waals surface area contributed by atoms with Crippen LogP contribution in [-0.2, 0) is 22.2 Å². The molecule has 0 saturated heterocycles. The first-order chi connectivity index (χ1) is 16.4. The normalized spacial score (nSPS) is 11.6. The Morgan fingerprint density at radius 2 is 1.46 bits per heavy atom. The maximum absolute atomic E-state index is 12.8. The van der Waals surface area contributed by atoms with Crippen molar-refractivity contribution in [1.82, 2.24) is 5.32 Å². The summed E-state index contributed by atoms with van der Waals surface area (Å²) in [5, 5.41) is 5.74. The molecule has 0 spiro atoms. The van der Waals surface area contributed by atoms with Crippen LogP contribution < -0.4 is 15.4 Å². The van der Waals surface area contributed by atoms with Crippen molar-refractivity contribution in [2.24, 2.45) is 0 Å². The van der Waals surface area contributed by atoms with Gasteiger partial charge in [0.25, 0.3) is 11.8 Å². The van der Waals surface area contributed by atoms with Gasteiger partial charge in [0.1, 0.15) is 5.75 Å². The van der Waals surface area contributed by atoms with E-state index in [2.05, 4.69) is 64.3 Å². The molecule has 2 N–H and O–H groups in total. The summed E-state index contributed by atoms with van der Waals surface area (Å²) in [6.45, 7) is 13.2. The lowest BCUT2D eigenvalue weighted by Gasteiger charge is -2.27. The van der Waals surface area contributed by atoms with E-state index in [1.165, 1.54) is 5.56 Å². The van der Waals surface area contributed by atoms with Crippen molar-refractivity contribution in [3.63, 3.8) is 0 Å². The van der Waals surface area contributed by atoms with Crippen molar-refractivity contribution in [1.29, 1.82) is 0 Å². The van der Waals surface area contributed by atoms with Gasteiger partial charge in [-0.2, -0.15) is 0 Å². The van der Waals surface area contributed by atoms with Crippen LogP contribution in [0.15, 0.2) is 72.8 Å². The lowest BCUT2D eigenvalue weighted by molar-refractivity contribution is -0.118. The Hall–Kier alpha value is -3.60. The molecule has 3 aromatic rings. The maximum Gasteiger partial charge on any atom is 0.262 e. The zero-order chi connectivity index (χ0) is 25.6. The molecular formula is C30H36N2O3. The third-order valence-electron chi connectivity index (χ3n) is 5.75. The zero-order valence-electron chi connectivity index (χ0n) is 21.6. The van der Waals surface area contributed by atoms with Crippen LogP contribution in [0.25, 0.3) is 0 Å². The fourth-order valence-electron chi connectivity index (χ4n) is 3.70. The number of benzene rings is 3. The molecule has 35 heavy (non-hydrogen) atoms. The van der Waals surface area contributed by atoms with Crippen LogP contribution >= 0.6 is 0 Å². The molecule has 0 aromatic heterocycles. The average molecular weight is 473 g/mol. The van der Waals surface area contributed by atoms with Crippen LogP contribution in [-0.4, -0.2) is 18.4 Å². The minimum Gasteiger partial charge on any atom is -0.483 e. The second kappa shape index (κ2) is 10.8. The van der Waals surface area contributed by atoms with Gasteiger partial charge in [-0.1, -0.05) is 96.1 Å². The number of hydrogen-bond acceptors (Lipinski definition) is 3. The molecule has 0 bridgehead atoms. The Kier molecular flexibility index (Phi) is 8.00. The number of hydrogen-bond donors (Lipinski definition) is 2. The lowest BCUT2D eigenvalue weighted by Crippen LogP contribution is -2.26. The third-order valence-corrected chi connectivity index (χ3v) is 5.75. The molecule has 0 saturated carbocycles. The summed E-state index contributed by atoms with van der Waals surface area (Å²) in [6, 6.07) is 22.8. The number of carbonyl (C=O) groups excluding carboxylic acids is 2. The van der Waals surface area contributed by atoms with Gasteiger partial charge in [-0.25, -0.2) is 0 Å². The number of ether oxygens (including phenoxy) is 1. The largest absolute Gasteiger partial charge is 0.483 e. The molecule has 184 valence electrons. The van der Waals surface area contributed by atoms with E-state index in [-0.39, 0.29) is 29.3 Å². The fourth-order valence-corrected chi connectivity index (χ4v) is 3.70. The van der Waals surface area contributed by atoms with Crippen molar-refractivity contribution < 1.29 is 14.3 Å². The molecule has 3 aromatic carbocycles. The second-order valence-electron chi connectivity index (χ2n) is 10.8. The maximum atomic E-state index is 12.8. The number of para-hydroxylation sites is 1. The summed E-state index contributed by atoms with van der Waals surface area (Å²) < 4.78 is 5.96. The quantitative estimate of drug-likeness (QED) is 0.428. The van der Waals surface area contributed by atoms with Crippen molar-refractivity contribution in [3.05, 3.63) is 95.1 Å². The zero-order valence-corrected chi connectivity index (χ0v) is 21.6. The SMILES string of the molecule is CC(C)(C)c1ccc(OCC(=O)Nc2ccccc2C(=O)NCc2ccccc2)c(C(C)(C)C)c1. The Labute approximate surface area is 208 Å². The number of carbonyl (C=O) groups is 2. The van der Waals surface area contributed by atoms with Crippen LogP contribution in [0.1, 0.15) is 68.6 Å². The van der Waals surface area contributed by atoms with Gasteiger partial charge in [-0.05, 0) is 45.7 Å². The molecule has 5 nitrogen and oxygen atoms in total. The molecule has 0 aliphatic carbocycles. The van der Waals surface area contributed by atoms with Crippen molar-refractivity contribution >= 4 is 17.5 Å². The summed E-state index contributed by atoms with van der Waals surface area (Å²) in [4.78, 5) is 25.5. The standard InChI is InChI=1S/C30H36N2O3/c1-29(2,3)22-16-17-26(24(18-22)30(4,5)6)35-20-27(33)32-25-15-11-10-14-23(25)28(34)31-19-21-12-8-7-9-13-21/h7-18H,19-20H2,1-6H3,(H,31,34)(H,32,33). The van der Waals surface area contributed by atoms with Gasteiger partial charge in [0.15, 0.2) is 6.61 Å². The molecule has 2 amide bonds. The summed E-state index contributed by atoms with van der Waals surface area (Å²) in [5.74, 6) is 0.112.